The van der Waals surface area contributed by atoms with E-state index in [1.54, 1.807) is 0 Å². The molecule has 0 unspecified atom stereocenters. The van der Waals surface area contributed by atoms with Crippen LogP contribution < -0.4 is 4.74 Å². The summed E-state index contributed by atoms with van der Waals surface area (Å²) in [7, 11) is 1.19. The van der Waals surface area contributed by atoms with E-state index in [0.717, 1.165) is 0 Å². The molecule has 6 heteroatoms. The average molecular weight is 321 g/mol. The SMILES string of the molecule is COc1cccc(-c2ccc(Cl)cc2Cl)c1C(F)(F)F. The molecule has 2 aromatic rings. The minimum atomic E-state index is -4.55. The van der Waals surface area contributed by atoms with Gasteiger partial charge in [-0.3, -0.25) is 0 Å². The molecule has 0 aliphatic rings. The highest BCUT2D eigenvalue weighted by atomic mass is 35.5. The number of alkyl halides is 3. The number of methoxy groups -OCH3 is 1. The van der Waals surface area contributed by atoms with Gasteiger partial charge in [0.15, 0.2) is 0 Å². The standard InChI is InChI=1S/C14H9Cl2F3O/c1-20-12-4-2-3-10(13(12)14(17,18)19)9-6-5-8(15)7-11(9)16/h2-7H,1H3. The molecule has 0 spiro atoms. The van der Waals surface area contributed by atoms with E-state index in [4.69, 9.17) is 27.9 Å². The molecule has 0 aliphatic carbocycles. The zero-order chi connectivity index (χ0) is 14.9. The molecular weight excluding hydrogens is 312 g/mol. The topological polar surface area (TPSA) is 9.23 Å². The van der Waals surface area contributed by atoms with E-state index >= 15 is 0 Å². The highest BCUT2D eigenvalue weighted by molar-refractivity contribution is 6.36. The molecule has 106 valence electrons. The molecule has 0 fully saturated rings. The van der Waals surface area contributed by atoms with Crippen molar-refractivity contribution in [3.05, 3.63) is 52.0 Å². The van der Waals surface area contributed by atoms with Gasteiger partial charge in [0.1, 0.15) is 11.3 Å². The first kappa shape index (κ1) is 15.0. The molecule has 2 rings (SSSR count). The molecule has 0 saturated carbocycles. The summed E-state index contributed by atoms with van der Waals surface area (Å²) in [4.78, 5) is 0. The second kappa shape index (κ2) is 5.54. The summed E-state index contributed by atoms with van der Waals surface area (Å²) in [6.07, 6.45) is -4.55. The van der Waals surface area contributed by atoms with Crippen LogP contribution in [0.5, 0.6) is 5.75 Å². The second-order valence-corrected chi connectivity index (χ2v) is 4.85. The molecule has 20 heavy (non-hydrogen) atoms. The second-order valence-electron chi connectivity index (χ2n) is 4.00. The first-order valence-corrected chi connectivity index (χ1v) is 6.30. The third-order valence-corrected chi connectivity index (χ3v) is 3.30. The molecular formula is C14H9Cl2F3O. The number of hydrogen-bond acceptors (Lipinski definition) is 1. The largest absolute Gasteiger partial charge is 0.496 e. The van der Waals surface area contributed by atoms with Crippen molar-refractivity contribution in [2.45, 2.75) is 6.18 Å². The number of hydrogen-bond donors (Lipinski definition) is 0. The summed E-state index contributed by atoms with van der Waals surface area (Å²) in [6, 6.07) is 8.43. The Hall–Kier alpha value is -1.39. The third kappa shape index (κ3) is 2.86. The fourth-order valence-electron chi connectivity index (χ4n) is 1.93. The Kier molecular flexibility index (Phi) is 4.16. The van der Waals surface area contributed by atoms with Gasteiger partial charge in [0.2, 0.25) is 0 Å². The zero-order valence-corrected chi connectivity index (χ0v) is 11.8. The molecule has 0 atom stereocenters. The van der Waals surface area contributed by atoms with Crippen LogP contribution in [0.4, 0.5) is 13.2 Å². The van der Waals surface area contributed by atoms with Gasteiger partial charge >= 0.3 is 6.18 Å². The molecule has 0 heterocycles. The molecule has 2 aromatic carbocycles. The van der Waals surface area contributed by atoms with E-state index in [9.17, 15) is 13.2 Å². The molecule has 1 nitrogen and oxygen atoms in total. The lowest BCUT2D eigenvalue weighted by Crippen LogP contribution is -2.09. The minimum absolute atomic E-state index is 0.0430. The van der Waals surface area contributed by atoms with E-state index in [-0.39, 0.29) is 21.9 Å². The van der Waals surface area contributed by atoms with Crippen molar-refractivity contribution in [3.63, 3.8) is 0 Å². The number of benzene rings is 2. The first-order valence-electron chi connectivity index (χ1n) is 5.54. The maximum Gasteiger partial charge on any atom is 0.420 e. The zero-order valence-electron chi connectivity index (χ0n) is 10.3. The van der Waals surface area contributed by atoms with Crippen molar-refractivity contribution < 1.29 is 17.9 Å². The van der Waals surface area contributed by atoms with Gasteiger partial charge in [0.25, 0.3) is 0 Å². The van der Waals surface area contributed by atoms with Crippen LogP contribution in [0.25, 0.3) is 11.1 Å². The van der Waals surface area contributed by atoms with Gasteiger partial charge in [-0.25, -0.2) is 0 Å². The normalized spacial score (nSPS) is 11.5. The minimum Gasteiger partial charge on any atom is -0.496 e. The molecule has 0 saturated heterocycles. The number of halogens is 5. The van der Waals surface area contributed by atoms with Crippen molar-refractivity contribution >= 4 is 23.2 Å². The van der Waals surface area contributed by atoms with Crippen molar-refractivity contribution in [1.82, 2.24) is 0 Å². The summed E-state index contributed by atoms with van der Waals surface area (Å²) < 4.78 is 44.5. The van der Waals surface area contributed by atoms with E-state index < -0.39 is 11.7 Å². The fraction of sp³-hybridized carbons (Fsp3) is 0.143. The lowest BCUT2D eigenvalue weighted by atomic mass is 9.98. The predicted octanol–water partition coefficient (Wildman–Crippen LogP) is 5.69. The quantitative estimate of drug-likeness (QED) is 0.690. The van der Waals surface area contributed by atoms with Crippen LogP contribution in [0.15, 0.2) is 36.4 Å². The summed E-state index contributed by atoms with van der Waals surface area (Å²) in [5.74, 6) is -0.249. The van der Waals surface area contributed by atoms with Crippen molar-refractivity contribution in [3.8, 4) is 16.9 Å². The first-order chi connectivity index (χ1) is 9.34. The number of rotatable bonds is 2. The molecule has 0 N–H and O–H groups in total. The monoisotopic (exact) mass is 320 g/mol. The Morgan fingerprint density at radius 1 is 1.00 bits per heavy atom. The van der Waals surface area contributed by atoms with Crippen LogP contribution in [0.1, 0.15) is 5.56 Å². The van der Waals surface area contributed by atoms with Crippen molar-refractivity contribution in [1.29, 1.82) is 0 Å². The van der Waals surface area contributed by atoms with Crippen molar-refractivity contribution in [2.75, 3.05) is 7.11 Å². The Morgan fingerprint density at radius 3 is 2.25 bits per heavy atom. The summed E-state index contributed by atoms with van der Waals surface area (Å²) >= 11 is 11.8. The van der Waals surface area contributed by atoms with Crippen LogP contribution in [0.2, 0.25) is 10.0 Å². The van der Waals surface area contributed by atoms with Gasteiger partial charge < -0.3 is 4.74 Å². The molecule has 0 aromatic heterocycles. The highest BCUT2D eigenvalue weighted by Crippen LogP contribution is 2.44. The van der Waals surface area contributed by atoms with Crippen LogP contribution >= 0.6 is 23.2 Å². The third-order valence-electron chi connectivity index (χ3n) is 2.75. The van der Waals surface area contributed by atoms with Gasteiger partial charge in [-0.15, -0.1) is 0 Å². The van der Waals surface area contributed by atoms with Crippen LogP contribution in [0, 0.1) is 0 Å². The van der Waals surface area contributed by atoms with Crippen molar-refractivity contribution in [2.24, 2.45) is 0 Å². The van der Waals surface area contributed by atoms with Gasteiger partial charge in [0.05, 0.1) is 7.11 Å². The Morgan fingerprint density at radius 2 is 1.70 bits per heavy atom. The van der Waals surface area contributed by atoms with Gasteiger partial charge in [-0.2, -0.15) is 13.2 Å². The van der Waals surface area contributed by atoms with Gasteiger partial charge in [-0.05, 0) is 23.8 Å². The Labute approximate surface area is 123 Å². The van der Waals surface area contributed by atoms with E-state index in [0.29, 0.717) is 5.02 Å². The average Bonchev–Trinajstić information content (AvgIpc) is 2.36. The Balaban J connectivity index is 2.74. The lowest BCUT2D eigenvalue weighted by Gasteiger charge is -2.17. The fourth-order valence-corrected chi connectivity index (χ4v) is 2.44. The highest BCUT2D eigenvalue weighted by Gasteiger charge is 2.37. The van der Waals surface area contributed by atoms with Crippen LogP contribution in [-0.2, 0) is 6.18 Å². The van der Waals surface area contributed by atoms with Crippen LogP contribution in [-0.4, -0.2) is 7.11 Å². The molecule has 0 radical (unpaired) electrons. The predicted molar refractivity (Wildman–Crippen MR) is 73.5 cm³/mol. The molecule has 0 amide bonds. The smallest absolute Gasteiger partial charge is 0.420 e. The lowest BCUT2D eigenvalue weighted by molar-refractivity contribution is -0.138. The molecule has 0 aliphatic heterocycles. The van der Waals surface area contributed by atoms with Gasteiger partial charge in [-0.1, -0.05) is 41.4 Å². The Bertz CT molecular complexity index is 639. The summed E-state index contributed by atoms with van der Waals surface area (Å²) in [5, 5.41) is 0.506. The van der Waals surface area contributed by atoms with E-state index in [1.165, 1.54) is 43.5 Å². The summed E-state index contributed by atoms with van der Waals surface area (Å²) in [5.41, 5.74) is -0.646. The maximum atomic E-state index is 13.2. The van der Waals surface area contributed by atoms with Crippen LogP contribution in [0.3, 0.4) is 0 Å². The van der Waals surface area contributed by atoms with Gasteiger partial charge in [0, 0.05) is 15.6 Å². The molecule has 0 bridgehead atoms. The van der Waals surface area contributed by atoms with E-state index in [1.807, 2.05) is 0 Å². The van der Waals surface area contributed by atoms with E-state index in [2.05, 4.69) is 0 Å². The summed E-state index contributed by atoms with van der Waals surface area (Å²) in [6.45, 7) is 0. The maximum absolute atomic E-state index is 13.2. The number of ether oxygens (including phenoxy) is 1.